The first-order chi connectivity index (χ1) is 9.10. The number of nitro groups is 1. The van der Waals surface area contributed by atoms with Gasteiger partial charge in [0.2, 0.25) is 0 Å². The second-order valence-corrected chi connectivity index (χ2v) is 5.15. The molecule has 0 radical (unpaired) electrons. The Morgan fingerprint density at radius 2 is 1.74 bits per heavy atom. The van der Waals surface area contributed by atoms with E-state index in [1.165, 1.54) is 12.1 Å². The summed E-state index contributed by atoms with van der Waals surface area (Å²) >= 11 is 6.84. The fourth-order valence-electron chi connectivity index (χ4n) is 1.47. The molecule has 0 bridgehead atoms. The lowest BCUT2D eigenvalue weighted by Gasteiger charge is -2.07. The number of nitro benzene ring substituents is 1. The van der Waals surface area contributed by atoms with Crippen LogP contribution >= 0.6 is 31.9 Å². The first-order valence-corrected chi connectivity index (χ1v) is 7.28. The Kier molecular flexibility index (Phi) is 4.55. The van der Waals surface area contributed by atoms with E-state index in [4.69, 9.17) is 4.74 Å². The van der Waals surface area contributed by atoms with Gasteiger partial charge in [-0.3, -0.25) is 10.1 Å². The van der Waals surface area contributed by atoms with Crippen LogP contribution in [0, 0.1) is 10.1 Å². The van der Waals surface area contributed by atoms with E-state index in [0.29, 0.717) is 11.5 Å². The van der Waals surface area contributed by atoms with Crippen molar-refractivity contribution in [3.05, 3.63) is 62.6 Å². The summed E-state index contributed by atoms with van der Waals surface area (Å²) in [6, 6.07) is 11.6. The van der Waals surface area contributed by atoms with Gasteiger partial charge in [0.25, 0.3) is 5.69 Å². The summed E-state index contributed by atoms with van der Waals surface area (Å²) in [5.74, 6) is 1.23. The summed E-state index contributed by atoms with van der Waals surface area (Å²) in [5.41, 5.74) is 1.17. The number of alkyl halides is 1. The molecule has 0 saturated carbocycles. The average molecular weight is 387 g/mol. The highest BCUT2D eigenvalue weighted by molar-refractivity contribution is 9.10. The molecule has 0 spiro atoms. The molecule has 0 aliphatic rings. The van der Waals surface area contributed by atoms with Crippen molar-refractivity contribution in [2.75, 3.05) is 0 Å². The lowest BCUT2D eigenvalue weighted by molar-refractivity contribution is -0.384. The van der Waals surface area contributed by atoms with Crippen LogP contribution in [0.1, 0.15) is 5.56 Å². The lowest BCUT2D eigenvalue weighted by Crippen LogP contribution is -1.89. The minimum Gasteiger partial charge on any atom is -0.457 e. The summed E-state index contributed by atoms with van der Waals surface area (Å²) in [4.78, 5) is 10.1. The molecule has 2 aromatic carbocycles. The van der Waals surface area contributed by atoms with Gasteiger partial charge in [0.05, 0.1) is 4.92 Å². The quantitative estimate of drug-likeness (QED) is 0.420. The van der Waals surface area contributed by atoms with Gasteiger partial charge in [-0.15, -0.1) is 0 Å². The van der Waals surface area contributed by atoms with Gasteiger partial charge in [-0.05, 0) is 29.8 Å². The van der Waals surface area contributed by atoms with Crippen molar-refractivity contribution in [1.29, 1.82) is 0 Å². The van der Waals surface area contributed by atoms with Crippen molar-refractivity contribution in [1.82, 2.24) is 0 Å². The van der Waals surface area contributed by atoms with Crippen LogP contribution in [0.4, 0.5) is 5.69 Å². The molecule has 0 aromatic heterocycles. The lowest BCUT2D eigenvalue weighted by atomic mass is 10.2. The van der Waals surface area contributed by atoms with Gasteiger partial charge in [0.1, 0.15) is 11.5 Å². The SMILES string of the molecule is O=[N+]([O-])c1ccc(Oc2ccc(CBr)c(Br)c2)cc1. The Morgan fingerprint density at radius 1 is 1.11 bits per heavy atom. The van der Waals surface area contributed by atoms with Gasteiger partial charge in [0.15, 0.2) is 0 Å². The van der Waals surface area contributed by atoms with E-state index in [1.54, 1.807) is 12.1 Å². The van der Waals surface area contributed by atoms with E-state index in [2.05, 4.69) is 31.9 Å². The second-order valence-electron chi connectivity index (χ2n) is 3.74. The third kappa shape index (κ3) is 3.54. The van der Waals surface area contributed by atoms with E-state index >= 15 is 0 Å². The fraction of sp³-hybridized carbons (Fsp3) is 0.0769. The third-order valence-corrected chi connectivity index (χ3v) is 3.79. The molecule has 0 aliphatic carbocycles. The Morgan fingerprint density at radius 3 is 2.26 bits per heavy atom. The molecule has 2 rings (SSSR count). The van der Waals surface area contributed by atoms with Crippen LogP contribution in [-0.4, -0.2) is 4.92 Å². The van der Waals surface area contributed by atoms with Crippen molar-refractivity contribution in [3.63, 3.8) is 0 Å². The molecule has 0 aliphatic heterocycles. The standard InChI is InChI=1S/C13H9Br2NO3/c14-8-9-1-4-12(7-13(9)15)19-11-5-2-10(3-6-11)16(17)18/h1-7H,8H2. The van der Waals surface area contributed by atoms with Crippen LogP contribution in [0.25, 0.3) is 0 Å². The highest BCUT2D eigenvalue weighted by atomic mass is 79.9. The molecule has 19 heavy (non-hydrogen) atoms. The topological polar surface area (TPSA) is 52.4 Å². The van der Waals surface area contributed by atoms with Crippen molar-refractivity contribution >= 4 is 37.5 Å². The number of non-ortho nitro benzene ring substituents is 1. The summed E-state index contributed by atoms with van der Waals surface area (Å²) in [7, 11) is 0. The molecule has 4 nitrogen and oxygen atoms in total. The number of hydrogen-bond acceptors (Lipinski definition) is 3. The molecular formula is C13H9Br2NO3. The molecule has 2 aromatic rings. The van der Waals surface area contributed by atoms with Crippen molar-refractivity contribution in [3.8, 4) is 11.5 Å². The maximum absolute atomic E-state index is 10.5. The first kappa shape index (κ1) is 14.0. The van der Waals surface area contributed by atoms with Crippen molar-refractivity contribution < 1.29 is 9.66 Å². The van der Waals surface area contributed by atoms with Crippen LogP contribution in [0.3, 0.4) is 0 Å². The Bertz CT molecular complexity index is 599. The Hall–Kier alpha value is -1.40. The predicted octanol–water partition coefficient (Wildman–Crippen LogP) is 5.04. The largest absolute Gasteiger partial charge is 0.457 e. The molecule has 6 heteroatoms. The number of nitrogens with zero attached hydrogens (tertiary/aromatic N) is 1. The van der Waals surface area contributed by atoms with Crippen molar-refractivity contribution in [2.45, 2.75) is 5.33 Å². The molecule has 0 N–H and O–H groups in total. The molecule has 0 heterocycles. The van der Waals surface area contributed by atoms with Gasteiger partial charge in [0, 0.05) is 21.9 Å². The van der Waals surface area contributed by atoms with Gasteiger partial charge >= 0.3 is 0 Å². The van der Waals surface area contributed by atoms with Gasteiger partial charge in [-0.25, -0.2) is 0 Å². The zero-order valence-electron chi connectivity index (χ0n) is 9.68. The molecule has 98 valence electrons. The molecule has 0 atom stereocenters. The predicted molar refractivity (Wildman–Crippen MR) is 79.9 cm³/mol. The van der Waals surface area contributed by atoms with E-state index < -0.39 is 4.92 Å². The fourth-order valence-corrected chi connectivity index (χ4v) is 2.84. The van der Waals surface area contributed by atoms with Crippen LogP contribution in [0.5, 0.6) is 11.5 Å². The van der Waals surface area contributed by atoms with E-state index in [-0.39, 0.29) is 5.69 Å². The first-order valence-electron chi connectivity index (χ1n) is 5.37. The molecule has 0 fully saturated rings. The average Bonchev–Trinajstić information content (AvgIpc) is 2.39. The maximum atomic E-state index is 10.5. The number of hydrogen-bond donors (Lipinski definition) is 0. The van der Waals surface area contributed by atoms with Crippen molar-refractivity contribution in [2.24, 2.45) is 0 Å². The van der Waals surface area contributed by atoms with E-state index in [0.717, 1.165) is 15.4 Å². The van der Waals surface area contributed by atoms with Crippen LogP contribution in [0.15, 0.2) is 46.9 Å². The summed E-state index contributed by atoms with van der Waals surface area (Å²) < 4.78 is 6.57. The van der Waals surface area contributed by atoms with E-state index in [9.17, 15) is 10.1 Å². The smallest absolute Gasteiger partial charge is 0.269 e. The molecule has 0 amide bonds. The third-order valence-electron chi connectivity index (χ3n) is 2.45. The van der Waals surface area contributed by atoms with E-state index in [1.807, 2.05) is 18.2 Å². The van der Waals surface area contributed by atoms with Gasteiger partial charge in [-0.1, -0.05) is 37.9 Å². The summed E-state index contributed by atoms with van der Waals surface area (Å²) in [6.07, 6.45) is 0. The van der Waals surface area contributed by atoms with Gasteiger partial charge < -0.3 is 4.74 Å². The highest BCUT2D eigenvalue weighted by Crippen LogP contribution is 2.29. The monoisotopic (exact) mass is 385 g/mol. The minimum absolute atomic E-state index is 0.0446. The molecular weight excluding hydrogens is 378 g/mol. The van der Waals surface area contributed by atoms with Crippen LogP contribution in [-0.2, 0) is 5.33 Å². The Balaban J connectivity index is 2.16. The second kappa shape index (κ2) is 6.16. The number of rotatable bonds is 4. The Labute approximate surface area is 126 Å². The van der Waals surface area contributed by atoms with Gasteiger partial charge in [-0.2, -0.15) is 0 Å². The maximum Gasteiger partial charge on any atom is 0.269 e. The number of ether oxygens (including phenoxy) is 1. The molecule has 0 unspecified atom stereocenters. The zero-order valence-corrected chi connectivity index (χ0v) is 12.8. The number of benzene rings is 2. The van der Waals surface area contributed by atoms with Crippen LogP contribution in [0.2, 0.25) is 0 Å². The summed E-state index contributed by atoms with van der Waals surface area (Å²) in [6.45, 7) is 0. The normalized spacial score (nSPS) is 10.2. The highest BCUT2D eigenvalue weighted by Gasteiger charge is 2.06. The zero-order chi connectivity index (χ0) is 13.8. The van der Waals surface area contributed by atoms with Crippen LogP contribution < -0.4 is 4.74 Å². The molecule has 0 saturated heterocycles. The minimum atomic E-state index is -0.439. The summed E-state index contributed by atoms with van der Waals surface area (Å²) in [5, 5.41) is 11.3. The number of halogens is 2.